The number of amides is 2. The fraction of sp³-hybridized carbons (Fsp3) is 0.500. The van der Waals surface area contributed by atoms with Crippen LogP contribution in [-0.2, 0) is 10.3 Å². The summed E-state index contributed by atoms with van der Waals surface area (Å²) in [5, 5.41) is 9.86. The van der Waals surface area contributed by atoms with Crippen LogP contribution in [0.1, 0.15) is 38.3 Å². The average Bonchev–Trinajstić information content (AvgIpc) is 3.06. The van der Waals surface area contributed by atoms with Crippen molar-refractivity contribution in [1.29, 1.82) is 0 Å². The molecular weight excluding hydrogens is 296 g/mol. The number of furan rings is 1. The number of ether oxygens (including phenoxy) is 1. The van der Waals surface area contributed by atoms with Crippen LogP contribution in [0.2, 0.25) is 0 Å². The Balaban J connectivity index is 2.00. The molecule has 0 aliphatic rings. The zero-order valence-corrected chi connectivity index (χ0v) is 14.2. The summed E-state index contributed by atoms with van der Waals surface area (Å²) in [6.45, 7) is 8.29. The number of carbonyl (C=O) groups excluding carboxylic acids is 1. The maximum atomic E-state index is 12.2. The van der Waals surface area contributed by atoms with Gasteiger partial charge in [0.1, 0.15) is 17.6 Å². The SMILES string of the molecule is COC[C@H](NC(=O)Nc1cnn(C(C)(C)C)c1)c1ccc(C)o1. The minimum absolute atomic E-state index is 0.138. The molecule has 0 saturated carbocycles. The van der Waals surface area contributed by atoms with Gasteiger partial charge in [-0.2, -0.15) is 5.10 Å². The van der Waals surface area contributed by atoms with E-state index in [0.717, 1.165) is 5.76 Å². The predicted molar refractivity (Wildman–Crippen MR) is 87.4 cm³/mol. The van der Waals surface area contributed by atoms with E-state index in [-0.39, 0.29) is 17.6 Å². The van der Waals surface area contributed by atoms with Gasteiger partial charge in [0.15, 0.2) is 0 Å². The van der Waals surface area contributed by atoms with Crippen molar-refractivity contribution >= 4 is 11.7 Å². The van der Waals surface area contributed by atoms with Gasteiger partial charge in [0.25, 0.3) is 0 Å². The van der Waals surface area contributed by atoms with Crippen LogP contribution < -0.4 is 10.6 Å². The van der Waals surface area contributed by atoms with Gasteiger partial charge in [-0.25, -0.2) is 4.79 Å². The number of aryl methyl sites for hydroxylation is 1. The Bertz CT molecular complexity index is 654. The maximum Gasteiger partial charge on any atom is 0.320 e. The van der Waals surface area contributed by atoms with Gasteiger partial charge in [-0.15, -0.1) is 0 Å². The molecule has 2 N–H and O–H groups in total. The van der Waals surface area contributed by atoms with Gasteiger partial charge in [-0.05, 0) is 39.8 Å². The van der Waals surface area contributed by atoms with E-state index < -0.39 is 0 Å². The standard InChI is InChI=1S/C16H24N4O3/c1-11-6-7-14(23-11)13(10-22-5)19-15(21)18-12-8-17-20(9-12)16(2,3)4/h6-9,13H,10H2,1-5H3,(H2,18,19,21)/t13-/m0/s1. The lowest BCUT2D eigenvalue weighted by molar-refractivity contribution is 0.158. The first kappa shape index (κ1) is 17.1. The van der Waals surface area contributed by atoms with E-state index in [9.17, 15) is 4.79 Å². The number of nitrogens with one attached hydrogen (secondary N) is 2. The lowest BCUT2D eigenvalue weighted by Crippen LogP contribution is -2.34. The average molecular weight is 320 g/mol. The van der Waals surface area contributed by atoms with Crippen molar-refractivity contribution in [3.8, 4) is 0 Å². The molecule has 0 radical (unpaired) electrons. The highest BCUT2D eigenvalue weighted by molar-refractivity contribution is 5.89. The van der Waals surface area contributed by atoms with Gasteiger partial charge in [-0.1, -0.05) is 0 Å². The molecule has 23 heavy (non-hydrogen) atoms. The van der Waals surface area contributed by atoms with Crippen LogP contribution in [0.25, 0.3) is 0 Å². The van der Waals surface area contributed by atoms with Crippen molar-refractivity contribution in [1.82, 2.24) is 15.1 Å². The van der Waals surface area contributed by atoms with Crippen molar-refractivity contribution < 1.29 is 13.9 Å². The summed E-state index contributed by atoms with van der Waals surface area (Å²) in [5.74, 6) is 1.44. The number of rotatable bonds is 5. The molecule has 2 aromatic heterocycles. The molecule has 0 aliphatic heterocycles. The van der Waals surface area contributed by atoms with Gasteiger partial charge in [0.2, 0.25) is 0 Å². The molecule has 0 unspecified atom stereocenters. The first-order chi connectivity index (χ1) is 10.8. The molecule has 0 fully saturated rings. The Kier molecular flexibility index (Phi) is 5.10. The number of methoxy groups -OCH3 is 1. The highest BCUT2D eigenvalue weighted by atomic mass is 16.5. The topological polar surface area (TPSA) is 81.3 Å². The number of hydrogen-bond donors (Lipinski definition) is 2. The molecule has 2 rings (SSSR count). The van der Waals surface area contributed by atoms with Crippen molar-refractivity contribution in [2.45, 2.75) is 39.3 Å². The number of carbonyl (C=O) groups is 1. The minimum Gasteiger partial charge on any atom is -0.464 e. The van der Waals surface area contributed by atoms with E-state index in [1.54, 1.807) is 24.2 Å². The minimum atomic E-state index is -0.355. The summed E-state index contributed by atoms with van der Waals surface area (Å²) in [7, 11) is 1.58. The zero-order valence-electron chi connectivity index (χ0n) is 14.2. The van der Waals surface area contributed by atoms with Crippen molar-refractivity contribution in [3.05, 3.63) is 36.0 Å². The summed E-state index contributed by atoms with van der Waals surface area (Å²) in [6, 6.07) is 2.99. The Morgan fingerprint density at radius 2 is 2.17 bits per heavy atom. The van der Waals surface area contributed by atoms with Crippen LogP contribution in [0.5, 0.6) is 0 Å². The summed E-state index contributed by atoms with van der Waals surface area (Å²) in [4.78, 5) is 12.2. The number of aromatic nitrogens is 2. The molecule has 0 saturated heterocycles. The molecule has 7 nitrogen and oxygen atoms in total. The molecular formula is C16H24N4O3. The van der Waals surface area contributed by atoms with Crippen LogP contribution in [-0.4, -0.2) is 29.5 Å². The molecule has 126 valence electrons. The first-order valence-corrected chi connectivity index (χ1v) is 7.47. The third-order valence-corrected chi connectivity index (χ3v) is 3.27. The summed E-state index contributed by atoms with van der Waals surface area (Å²) >= 11 is 0. The molecule has 0 aliphatic carbocycles. The second kappa shape index (κ2) is 6.87. The number of urea groups is 1. The number of anilines is 1. The van der Waals surface area contributed by atoms with Crippen molar-refractivity contribution in [2.24, 2.45) is 0 Å². The quantitative estimate of drug-likeness (QED) is 0.887. The van der Waals surface area contributed by atoms with Crippen molar-refractivity contribution in [2.75, 3.05) is 19.0 Å². The number of nitrogens with zero attached hydrogens (tertiary/aromatic N) is 2. The Labute approximate surface area is 136 Å². The Morgan fingerprint density at radius 1 is 1.43 bits per heavy atom. The molecule has 0 aromatic carbocycles. The fourth-order valence-electron chi connectivity index (χ4n) is 2.08. The predicted octanol–water partition coefficient (Wildman–Crippen LogP) is 3.05. The third-order valence-electron chi connectivity index (χ3n) is 3.27. The monoisotopic (exact) mass is 320 g/mol. The second-order valence-corrected chi connectivity index (χ2v) is 6.40. The largest absolute Gasteiger partial charge is 0.464 e. The lowest BCUT2D eigenvalue weighted by atomic mass is 10.1. The van der Waals surface area contributed by atoms with Crippen LogP contribution in [0, 0.1) is 6.92 Å². The van der Waals surface area contributed by atoms with E-state index in [1.807, 2.05) is 39.8 Å². The van der Waals surface area contributed by atoms with Gasteiger partial charge >= 0.3 is 6.03 Å². The van der Waals surface area contributed by atoms with E-state index in [2.05, 4.69) is 15.7 Å². The Hall–Kier alpha value is -2.28. The van der Waals surface area contributed by atoms with E-state index in [1.165, 1.54) is 0 Å². The second-order valence-electron chi connectivity index (χ2n) is 6.40. The lowest BCUT2D eigenvalue weighted by Gasteiger charge is -2.18. The van der Waals surface area contributed by atoms with Gasteiger partial charge < -0.3 is 19.8 Å². The van der Waals surface area contributed by atoms with Crippen molar-refractivity contribution in [3.63, 3.8) is 0 Å². The molecule has 2 aromatic rings. The van der Waals surface area contributed by atoms with E-state index in [0.29, 0.717) is 18.1 Å². The fourth-order valence-corrected chi connectivity index (χ4v) is 2.08. The summed E-state index contributed by atoms with van der Waals surface area (Å²) in [6.07, 6.45) is 3.41. The highest BCUT2D eigenvalue weighted by Crippen LogP contribution is 2.18. The smallest absolute Gasteiger partial charge is 0.320 e. The summed E-state index contributed by atoms with van der Waals surface area (Å²) < 4.78 is 12.5. The van der Waals surface area contributed by atoms with Gasteiger partial charge in [0, 0.05) is 13.3 Å². The zero-order chi connectivity index (χ0) is 17.0. The first-order valence-electron chi connectivity index (χ1n) is 7.47. The van der Waals surface area contributed by atoms with E-state index in [4.69, 9.17) is 9.15 Å². The molecule has 2 amide bonds. The number of hydrogen-bond acceptors (Lipinski definition) is 4. The van der Waals surface area contributed by atoms with Crippen LogP contribution in [0.15, 0.2) is 28.9 Å². The maximum absolute atomic E-state index is 12.2. The molecule has 0 bridgehead atoms. The molecule has 2 heterocycles. The molecule has 7 heteroatoms. The normalized spacial score (nSPS) is 12.9. The molecule has 1 atom stereocenters. The van der Waals surface area contributed by atoms with Crippen LogP contribution in [0.4, 0.5) is 10.5 Å². The van der Waals surface area contributed by atoms with Crippen LogP contribution >= 0.6 is 0 Å². The Morgan fingerprint density at radius 3 is 2.70 bits per heavy atom. The van der Waals surface area contributed by atoms with Gasteiger partial charge in [0.05, 0.1) is 24.0 Å². The van der Waals surface area contributed by atoms with Gasteiger partial charge in [-0.3, -0.25) is 4.68 Å². The highest BCUT2D eigenvalue weighted by Gasteiger charge is 2.19. The van der Waals surface area contributed by atoms with E-state index >= 15 is 0 Å². The van der Waals surface area contributed by atoms with Crippen LogP contribution in [0.3, 0.4) is 0 Å². The molecule has 0 spiro atoms. The summed E-state index contributed by atoms with van der Waals surface area (Å²) in [5.41, 5.74) is 0.491. The third kappa shape index (κ3) is 4.59.